The smallest absolute Gasteiger partial charge is 0.230 e. The van der Waals surface area contributed by atoms with Gasteiger partial charge in [-0.3, -0.25) is 4.79 Å². The summed E-state index contributed by atoms with van der Waals surface area (Å²) in [6.45, 7) is 4.32. The fourth-order valence-electron chi connectivity index (χ4n) is 2.04. The summed E-state index contributed by atoms with van der Waals surface area (Å²) in [5.74, 6) is 0.0964. The summed E-state index contributed by atoms with van der Waals surface area (Å²) in [5.41, 5.74) is 6.28. The molecule has 0 atom stereocenters. The van der Waals surface area contributed by atoms with Gasteiger partial charge in [-0.15, -0.1) is 0 Å². The first-order chi connectivity index (χ1) is 8.33. The molecule has 1 saturated carbocycles. The van der Waals surface area contributed by atoms with Gasteiger partial charge in [-0.05, 0) is 44.4 Å². The minimum absolute atomic E-state index is 0.0964. The minimum Gasteiger partial charge on any atom is -0.354 e. The Balaban J connectivity index is 2.10. The summed E-state index contributed by atoms with van der Waals surface area (Å²) in [6, 6.07) is 7.99. The molecule has 18 heavy (non-hydrogen) atoms. The number of benzene rings is 1. The Morgan fingerprint density at radius 3 is 2.67 bits per heavy atom. The maximum absolute atomic E-state index is 12.3. The van der Waals surface area contributed by atoms with Crippen molar-refractivity contribution in [1.29, 1.82) is 0 Å². The summed E-state index contributed by atoms with van der Waals surface area (Å²) in [7, 11) is 0. The molecular formula is C14H19BrN2O. The highest BCUT2D eigenvalue weighted by Crippen LogP contribution is 2.48. The van der Waals surface area contributed by atoms with Gasteiger partial charge in [0.1, 0.15) is 0 Å². The molecule has 0 aliphatic heterocycles. The van der Waals surface area contributed by atoms with E-state index in [4.69, 9.17) is 5.73 Å². The van der Waals surface area contributed by atoms with Gasteiger partial charge in [0.25, 0.3) is 0 Å². The number of hydrogen-bond donors (Lipinski definition) is 2. The molecule has 0 unspecified atom stereocenters. The van der Waals surface area contributed by atoms with Gasteiger partial charge in [-0.25, -0.2) is 0 Å². The molecule has 0 aromatic heterocycles. The Morgan fingerprint density at radius 1 is 1.50 bits per heavy atom. The number of hydrogen-bond acceptors (Lipinski definition) is 2. The van der Waals surface area contributed by atoms with Crippen LogP contribution in [0.5, 0.6) is 0 Å². The van der Waals surface area contributed by atoms with Crippen LogP contribution in [0.4, 0.5) is 0 Å². The molecule has 0 radical (unpaired) electrons. The first-order valence-corrected chi connectivity index (χ1v) is 6.96. The van der Waals surface area contributed by atoms with Crippen LogP contribution >= 0.6 is 15.9 Å². The van der Waals surface area contributed by atoms with Crippen LogP contribution in [0.1, 0.15) is 32.3 Å². The van der Waals surface area contributed by atoms with Crippen LogP contribution in [0.15, 0.2) is 28.7 Å². The van der Waals surface area contributed by atoms with E-state index in [-0.39, 0.29) is 16.9 Å². The lowest BCUT2D eigenvalue weighted by molar-refractivity contribution is -0.123. The molecule has 4 heteroatoms. The first-order valence-electron chi connectivity index (χ1n) is 6.17. The van der Waals surface area contributed by atoms with Gasteiger partial charge in [0.05, 0.1) is 5.41 Å². The number of halogens is 1. The van der Waals surface area contributed by atoms with Crippen molar-refractivity contribution >= 4 is 21.8 Å². The van der Waals surface area contributed by atoms with Gasteiger partial charge in [-0.2, -0.15) is 0 Å². The molecule has 0 bridgehead atoms. The predicted octanol–water partition coefficient (Wildman–Crippen LogP) is 2.33. The van der Waals surface area contributed by atoms with E-state index in [1.165, 1.54) is 0 Å². The predicted molar refractivity (Wildman–Crippen MR) is 76.3 cm³/mol. The first kappa shape index (κ1) is 13.6. The number of rotatable bonds is 4. The maximum Gasteiger partial charge on any atom is 0.230 e. The largest absolute Gasteiger partial charge is 0.354 e. The van der Waals surface area contributed by atoms with Crippen LogP contribution in [0, 0.1) is 0 Å². The van der Waals surface area contributed by atoms with E-state index >= 15 is 0 Å². The fraction of sp³-hybridized carbons (Fsp3) is 0.500. The lowest BCUT2D eigenvalue weighted by Crippen LogP contribution is -2.47. The molecule has 2 rings (SSSR count). The highest BCUT2D eigenvalue weighted by atomic mass is 79.9. The van der Waals surface area contributed by atoms with Crippen LogP contribution in [0.3, 0.4) is 0 Å². The van der Waals surface area contributed by atoms with Crippen LogP contribution < -0.4 is 11.1 Å². The monoisotopic (exact) mass is 310 g/mol. The van der Waals surface area contributed by atoms with Crippen molar-refractivity contribution in [1.82, 2.24) is 5.32 Å². The Labute approximate surface area is 116 Å². The molecule has 3 N–H and O–H groups in total. The van der Waals surface area contributed by atoms with Crippen molar-refractivity contribution < 1.29 is 4.79 Å². The van der Waals surface area contributed by atoms with E-state index < -0.39 is 0 Å². The van der Waals surface area contributed by atoms with E-state index in [1.54, 1.807) is 0 Å². The fourth-order valence-corrected chi connectivity index (χ4v) is 2.43. The third-order valence-electron chi connectivity index (χ3n) is 3.27. The Morgan fingerprint density at radius 2 is 2.17 bits per heavy atom. The second-order valence-electron chi connectivity index (χ2n) is 5.76. The summed E-state index contributed by atoms with van der Waals surface area (Å²) in [5, 5.41) is 2.96. The Bertz CT molecular complexity index is 461. The van der Waals surface area contributed by atoms with Gasteiger partial charge in [0, 0.05) is 16.6 Å². The van der Waals surface area contributed by atoms with Gasteiger partial charge < -0.3 is 11.1 Å². The molecule has 1 aromatic rings. The summed E-state index contributed by atoms with van der Waals surface area (Å²) in [4.78, 5) is 12.3. The highest BCUT2D eigenvalue weighted by molar-refractivity contribution is 9.10. The number of amides is 1. The number of carbonyl (C=O) groups is 1. The van der Waals surface area contributed by atoms with E-state index in [2.05, 4.69) is 21.2 Å². The van der Waals surface area contributed by atoms with Gasteiger partial charge in [0.2, 0.25) is 5.91 Å². The normalized spacial score (nSPS) is 17.3. The Kier molecular flexibility index (Phi) is 3.52. The van der Waals surface area contributed by atoms with E-state index in [9.17, 15) is 4.79 Å². The quantitative estimate of drug-likeness (QED) is 0.897. The number of nitrogens with two attached hydrogens (primary N) is 1. The molecule has 1 aromatic carbocycles. The van der Waals surface area contributed by atoms with E-state index in [0.29, 0.717) is 6.54 Å². The molecule has 0 saturated heterocycles. The molecule has 1 aliphatic rings. The van der Waals surface area contributed by atoms with E-state index in [1.807, 2.05) is 38.1 Å². The van der Waals surface area contributed by atoms with Gasteiger partial charge in [0.15, 0.2) is 0 Å². The zero-order chi connectivity index (χ0) is 13.4. The third-order valence-corrected chi connectivity index (χ3v) is 3.76. The Hall–Kier alpha value is -0.870. The maximum atomic E-state index is 12.3. The average molecular weight is 311 g/mol. The van der Waals surface area contributed by atoms with Crippen molar-refractivity contribution in [2.45, 2.75) is 37.6 Å². The van der Waals surface area contributed by atoms with Crippen molar-refractivity contribution in [3.8, 4) is 0 Å². The molecule has 1 fully saturated rings. The lowest BCUT2D eigenvalue weighted by atomic mass is 9.94. The molecular weight excluding hydrogens is 292 g/mol. The van der Waals surface area contributed by atoms with Crippen LogP contribution in [0.25, 0.3) is 0 Å². The lowest BCUT2D eigenvalue weighted by Gasteiger charge is -2.22. The van der Waals surface area contributed by atoms with Gasteiger partial charge in [-0.1, -0.05) is 28.1 Å². The molecule has 98 valence electrons. The SMILES string of the molecule is CC(C)(N)CNC(=O)C1(c2cccc(Br)c2)CC1. The van der Waals surface area contributed by atoms with Crippen molar-refractivity contribution in [2.24, 2.45) is 5.73 Å². The molecule has 1 amide bonds. The topological polar surface area (TPSA) is 55.1 Å². The summed E-state index contributed by atoms with van der Waals surface area (Å²) < 4.78 is 1.01. The third kappa shape index (κ3) is 2.93. The molecule has 0 heterocycles. The number of carbonyl (C=O) groups excluding carboxylic acids is 1. The van der Waals surface area contributed by atoms with Crippen molar-refractivity contribution in [3.63, 3.8) is 0 Å². The number of nitrogens with one attached hydrogen (secondary N) is 1. The summed E-state index contributed by atoms with van der Waals surface area (Å²) >= 11 is 3.45. The molecule has 3 nitrogen and oxygen atoms in total. The van der Waals surface area contributed by atoms with Crippen molar-refractivity contribution in [2.75, 3.05) is 6.54 Å². The van der Waals surface area contributed by atoms with Crippen molar-refractivity contribution in [3.05, 3.63) is 34.3 Å². The zero-order valence-electron chi connectivity index (χ0n) is 10.8. The molecule has 1 aliphatic carbocycles. The average Bonchev–Trinajstić information content (AvgIpc) is 3.06. The van der Waals surface area contributed by atoms with E-state index in [0.717, 1.165) is 22.9 Å². The second-order valence-corrected chi connectivity index (χ2v) is 6.68. The minimum atomic E-state index is -0.372. The van der Waals surface area contributed by atoms with Crippen LogP contribution in [0.2, 0.25) is 0 Å². The second kappa shape index (κ2) is 4.67. The highest BCUT2D eigenvalue weighted by Gasteiger charge is 2.51. The molecule has 0 spiro atoms. The zero-order valence-corrected chi connectivity index (χ0v) is 12.4. The van der Waals surface area contributed by atoms with Gasteiger partial charge >= 0.3 is 0 Å². The van der Waals surface area contributed by atoms with Crippen LogP contribution in [-0.4, -0.2) is 18.0 Å². The standard InChI is InChI=1S/C14H19BrN2O/c1-13(2,16)9-17-12(18)14(6-7-14)10-4-3-5-11(15)8-10/h3-5,8H,6-7,9,16H2,1-2H3,(H,17,18). The summed E-state index contributed by atoms with van der Waals surface area (Å²) in [6.07, 6.45) is 1.83. The van der Waals surface area contributed by atoms with Crippen LogP contribution in [-0.2, 0) is 10.2 Å².